The molecule has 1 heterocycles. The van der Waals surface area contributed by atoms with Crippen molar-refractivity contribution in [3.63, 3.8) is 0 Å². The lowest BCUT2D eigenvalue weighted by Crippen LogP contribution is -2.39. The fourth-order valence-electron chi connectivity index (χ4n) is 2.63. The Bertz CT molecular complexity index is 215. The van der Waals surface area contributed by atoms with Crippen LogP contribution < -0.4 is 0 Å². The highest BCUT2D eigenvalue weighted by molar-refractivity contribution is 9.09. The lowest BCUT2D eigenvalue weighted by molar-refractivity contribution is 0.145. The number of hydrogen-bond acceptors (Lipinski definition) is 2. The summed E-state index contributed by atoms with van der Waals surface area (Å²) in [6.45, 7) is 9.78. The fraction of sp³-hybridized carbons (Fsp3) is 1.00. The minimum atomic E-state index is 0.339. The van der Waals surface area contributed by atoms with Gasteiger partial charge < -0.3 is 10.0 Å². The zero-order valence-corrected chi connectivity index (χ0v) is 13.2. The van der Waals surface area contributed by atoms with Crippen molar-refractivity contribution >= 4 is 15.9 Å². The molecule has 0 aromatic carbocycles. The molecular formula is C14H28BrNO. The van der Waals surface area contributed by atoms with Crippen molar-refractivity contribution in [2.45, 2.75) is 52.5 Å². The van der Waals surface area contributed by atoms with Crippen LogP contribution in [-0.4, -0.2) is 41.1 Å². The number of nitrogens with zero attached hydrogens (tertiary/aromatic N) is 1. The second kappa shape index (κ2) is 7.10. The highest BCUT2D eigenvalue weighted by Crippen LogP contribution is 2.31. The molecule has 2 unspecified atom stereocenters. The van der Waals surface area contributed by atoms with Gasteiger partial charge in [0.15, 0.2) is 0 Å². The van der Waals surface area contributed by atoms with Gasteiger partial charge in [0.25, 0.3) is 0 Å². The summed E-state index contributed by atoms with van der Waals surface area (Å²) in [5, 5.41) is 10.0. The number of rotatable bonds is 6. The van der Waals surface area contributed by atoms with Gasteiger partial charge in [-0.3, -0.25) is 0 Å². The van der Waals surface area contributed by atoms with E-state index in [4.69, 9.17) is 5.11 Å². The maximum Gasteiger partial charge on any atom is 0.0431 e. The minimum absolute atomic E-state index is 0.339. The van der Waals surface area contributed by atoms with Crippen LogP contribution in [0.25, 0.3) is 0 Å². The largest absolute Gasteiger partial charge is 0.396 e. The molecule has 1 saturated heterocycles. The van der Waals surface area contributed by atoms with Crippen molar-refractivity contribution in [2.75, 3.05) is 25.0 Å². The maximum absolute atomic E-state index is 8.94. The molecule has 0 radical (unpaired) electrons. The van der Waals surface area contributed by atoms with E-state index in [0.717, 1.165) is 18.2 Å². The van der Waals surface area contributed by atoms with Gasteiger partial charge >= 0.3 is 0 Å². The fourth-order valence-corrected chi connectivity index (χ4v) is 3.80. The summed E-state index contributed by atoms with van der Waals surface area (Å²) < 4.78 is 0. The third-order valence-electron chi connectivity index (χ3n) is 4.06. The lowest BCUT2D eigenvalue weighted by atomic mass is 9.81. The summed E-state index contributed by atoms with van der Waals surface area (Å²) in [6.07, 6.45) is 4.76. The summed E-state index contributed by atoms with van der Waals surface area (Å²) in [4.78, 5) is 2.65. The van der Waals surface area contributed by atoms with Gasteiger partial charge in [-0.25, -0.2) is 0 Å². The second-order valence-electron chi connectivity index (χ2n) is 6.37. The lowest BCUT2D eigenvalue weighted by Gasteiger charge is -2.35. The van der Waals surface area contributed by atoms with Gasteiger partial charge in [0.2, 0.25) is 0 Å². The van der Waals surface area contributed by atoms with Gasteiger partial charge in [-0.15, -0.1) is 0 Å². The third kappa shape index (κ3) is 4.88. The van der Waals surface area contributed by atoms with Gasteiger partial charge in [0.05, 0.1) is 0 Å². The van der Waals surface area contributed by atoms with Crippen LogP contribution in [0.15, 0.2) is 0 Å². The number of alkyl halides is 1. The van der Waals surface area contributed by atoms with E-state index in [9.17, 15) is 0 Å². The van der Waals surface area contributed by atoms with Crippen LogP contribution in [0, 0.1) is 11.3 Å². The molecule has 0 aromatic heterocycles. The van der Waals surface area contributed by atoms with E-state index in [1.807, 2.05) is 0 Å². The third-order valence-corrected chi connectivity index (χ3v) is 4.84. The number of hydrogen-bond donors (Lipinski definition) is 1. The molecule has 0 spiro atoms. The molecule has 17 heavy (non-hydrogen) atoms. The Balaban J connectivity index is 2.48. The van der Waals surface area contributed by atoms with E-state index < -0.39 is 0 Å². The average Bonchev–Trinajstić information content (AvgIpc) is 2.68. The van der Waals surface area contributed by atoms with Crippen LogP contribution in [0.3, 0.4) is 0 Å². The summed E-state index contributed by atoms with van der Waals surface area (Å²) in [7, 11) is 0. The molecule has 2 nitrogen and oxygen atoms in total. The first kappa shape index (κ1) is 15.5. The Kier molecular flexibility index (Phi) is 6.46. The molecule has 1 aliphatic rings. The van der Waals surface area contributed by atoms with E-state index in [-0.39, 0.29) is 0 Å². The van der Waals surface area contributed by atoms with Gasteiger partial charge in [-0.2, -0.15) is 0 Å². The second-order valence-corrected chi connectivity index (χ2v) is 7.02. The Morgan fingerprint density at radius 3 is 2.65 bits per heavy atom. The SMILES string of the molecule is CC(C)(C)C(CBr)CN1CCCC1CCCO. The molecule has 2 atom stereocenters. The molecule has 0 aliphatic carbocycles. The normalized spacial score (nSPS) is 24.2. The summed E-state index contributed by atoms with van der Waals surface area (Å²) in [6, 6.07) is 0.714. The summed E-state index contributed by atoms with van der Waals surface area (Å²) in [5.41, 5.74) is 0.369. The van der Waals surface area contributed by atoms with Crippen molar-refractivity contribution < 1.29 is 5.11 Å². The van der Waals surface area contributed by atoms with Crippen LogP contribution in [0.4, 0.5) is 0 Å². The molecule has 1 N–H and O–H groups in total. The monoisotopic (exact) mass is 305 g/mol. The topological polar surface area (TPSA) is 23.5 Å². The molecule has 0 bridgehead atoms. The minimum Gasteiger partial charge on any atom is -0.396 e. The quantitative estimate of drug-likeness (QED) is 0.761. The van der Waals surface area contributed by atoms with Crippen molar-refractivity contribution in [3.8, 4) is 0 Å². The first-order valence-electron chi connectivity index (χ1n) is 6.90. The Hall–Kier alpha value is 0.400. The summed E-state index contributed by atoms with van der Waals surface area (Å²) >= 11 is 3.66. The van der Waals surface area contributed by atoms with E-state index in [0.29, 0.717) is 24.0 Å². The molecule has 0 saturated carbocycles. The van der Waals surface area contributed by atoms with Crippen LogP contribution in [0.1, 0.15) is 46.5 Å². The van der Waals surface area contributed by atoms with Crippen molar-refractivity contribution in [1.29, 1.82) is 0 Å². The van der Waals surface area contributed by atoms with Crippen molar-refractivity contribution in [2.24, 2.45) is 11.3 Å². The molecule has 0 amide bonds. The number of aliphatic hydroxyl groups is 1. The van der Waals surface area contributed by atoms with Gasteiger partial charge in [-0.05, 0) is 43.6 Å². The zero-order chi connectivity index (χ0) is 12.9. The molecule has 0 aromatic rings. The van der Waals surface area contributed by atoms with E-state index >= 15 is 0 Å². The predicted molar refractivity (Wildman–Crippen MR) is 77.7 cm³/mol. The number of halogens is 1. The van der Waals surface area contributed by atoms with Crippen LogP contribution in [0.5, 0.6) is 0 Å². The molecule has 1 fully saturated rings. The van der Waals surface area contributed by atoms with E-state index in [2.05, 4.69) is 41.6 Å². The standard InChI is InChI=1S/C14H28BrNO/c1-14(2,3)12(10-15)11-16-8-4-6-13(16)7-5-9-17/h12-13,17H,4-11H2,1-3H3. The molecule has 102 valence electrons. The highest BCUT2D eigenvalue weighted by atomic mass is 79.9. The molecule has 3 heteroatoms. The Morgan fingerprint density at radius 2 is 2.12 bits per heavy atom. The number of aliphatic hydroxyl groups excluding tert-OH is 1. The molecule has 1 aliphatic heterocycles. The molecule has 1 rings (SSSR count). The Morgan fingerprint density at radius 1 is 1.41 bits per heavy atom. The summed E-state index contributed by atoms with van der Waals surface area (Å²) in [5.74, 6) is 0.706. The predicted octanol–water partition coefficient (Wildman–Crippen LogP) is 3.28. The van der Waals surface area contributed by atoms with Crippen molar-refractivity contribution in [1.82, 2.24) is 4.90 Å². The first-order chi connectivity index (χ1) is 7.99. The highest BCUT2D eigenvalue weighted by Gasteiger charge is 2.30. The van der Waals surface area contributed by atoms with Gasteiger partial charge in [0, 0.05) is 24.5 Å². The van der Waals surface area contributed by atoms with Crippen LogP contribution in [0.2, 0.25) is 0 Å². The van der Waals surface area contributed by atoms with Crippen LogP contribution in [-0.2, 0) is 0 Å². The van der Waals surface area contributed by atoms with Crippen LogP contribution >= 0.6 is 15.9 Å². The van der Waals surface area contributed by atoms with E-state index in [1.54, 1.807) is 0 Å². The van der Waals surface area contributed by atoms with Crippen molar-refractivity contribution in [3.05, 3.63) is 0 Å². The smallest absolute Gasteiger partial charge is 0.0431 e. The molecular weight excluding hydrogens is 278 g/mol. The van der Waals surface area contributed by atoms with Gasteiger partial charge in [0.1, 0.15) is 0 Å². The average molecular weight is 306 g/mol. The number of likely N-dealkylation sites (tertiary alicyclic amines) is 1. The van der Waals surface area contributed by atoms with Gasteiger partial charge in [-0.1, -0.05) is 36.7 Å². The first-order valence-corrected chi connectivity index (χ1v) is 8.02. The zero-order valence-electron chi connectivity index (χ0n) is 11.6. The van der Waals surface area contributed by atoms with E-state index in [1.165, 1.54) is 25.9 Å². The Labute approximate surface area is 115 Å². The maximum atomic E-state index is 8.94.